The molecule has 1 aliphatic heterocycles. The van der Waals surface area contributed by atoms with Crippen LogP contribution in [0.25, 0.3) is 10.9 Å². The third-order valence-corrected chi connectivity index (χ3v) is 4.59. The third-order valence-electron chi connectivity index (χ3n) is 4.59. The molecular weight excluding hydrogens is 284 g/mol. The first-order valence-corrected chi connectivity index (χ1v) is 8.22. The molecule has 1 saturated heterocycles. The molecule has 116 valence electrons. The van der Waals surface area contributed by atoms with E-state index in [1.165, 1.54) is 5.56 Å². The van der Waals surface area contributed by atoms with Crippen LogP contribution in [0.1, 0.15) is 5.56 Å². The Balaban J connectivity index is 1.47. The molecule has 2 aromatic carbocycles. The first kappa shape index (κ1) is 14.2. The predicted octanol–water partition coefficient (Wildman–Crippen LogP) is 1.53. The van der Waals surface area contributed by atoms with Gasteiger partial charge in [0.1, 0.15) is 18.7 Å². The Kier molecular flexibility index (Phi) is 3.90. The summed E-state index contributed by atoms with van der Waals surface area (Å²) in [4.78, 5) is 13.0. The van der Waals surface area contributed by atoms with E-state index in [2.05, 4.69) is 63.4 Å². The molecule has 0 saturated carbocycles. The Morgan fingerprint density at radius 2 is 1.61 bits per heavy atom. The van der Waals surface area contributed by atoms with Crippen molar-refractivity contribution in [3.8, 4) is 0 Å². The normalized spacial score (nSPS) is 15.9. The fraction of sp³-hybridized carbons (Fsp3) is 0.263. The molecular formula is C19H21N4+. The van der Waals surface area contributed by atoms with E-state index in [0.29, 0.717) is 0 Å². The summed E-state index contributed by atoms with van der Waals surface area (Å²) in [6, 6.07) is 19.0. The second kappa shape index (κ2) is 6.34. The zero-order valence-corrected chi connectivity index (χ0v) is 13.2. The second-order valence-corrected chi connectivity index (χ2v) is 6.11. The number of benzene rings is 2. The summed E-state index contributed by atoms with van der Waals surface area (Å²) in [7, 11) is 0. The van der Waals surface area contributed by atoms with Crippen molar-refractivity contribution in [2.75, 3.05) is 31.1 Å². The highest BCUT2D eigenvalue weighted by atomic mass is 15.3. The molecule has 1 aliphatic rings. The van der Waals surface area contributed by atoms with Crippen LogP contribution in [0.15, 0.2) is 60.9 Å². The number of fused-ring (bicyclic) bond motifs is 1. The maximum atomic E-state index is 4.55. The molecule has 0 radical (unpaired) electrons. The van der Waals surface area contributed by atoms with Crippen LogP contribution in [0.4, 0.5) is 5.82 Å². The summed E-state index contributed by atoms with van der Waals surface area (Å²) in [5, 5.41) is 1.15. The predicted molar refractivity (Wildman–Crippen MR) is 92.6 cm³/mol. The van der Waals surface area contributed by atoms with E-state index in [1.54, 1.807) is 11.2 Å². The van der Waals surface area contributed by atoms with Crippen LogP contribution in [0.5, 0.6) is 0 Å². The maximum absolute atomic E-state index is 4.55. The van der Waals surface area contributed by atoms with Crippen LogP contribution in [0.2, 0.25) is 0 Å². The minimum atomic E-state index is 1.02. The van der Waals surface area contributed by atoms with Crippen LogP contribution in [0, 0.1) is 0 Å². The van der Waals surface area contributed by atoms with Gasteiger partial charge in [-0.3, -0.25) is 0 Å². The Morgan fingerprint density at radius 1 is 0.870 bits per heavy atom. The van der Waals surface area contributed by atoms with Gasteiger partial charge in [0.2, 0.25) is 0 Å². The van der Waals surface area contributed by atoms with Crippen molar-refractivity contribution in [3.05, 3.63) is 66.5 Å². The zero-order valence-electron chi connectivity index (χ0n) is 13.2. The number of rotatable bonds is 3. The van der Waals surface area contributed by atoms with E-state index >= 15 is 0 Å². The van der Waals surface area contributed by atoms with Gasteiger partial charge in [-0.2, -0.15) is 0 Å². The van der Waals surface area contributed by atoms with E-state index in [4.69, 9.17) is 0 Å². The van der Waals surface area contributed by atoms with Gasteiger partial charge in [0, 0.05) is 10.9 Å². The van der Waals surface area contributed by atoms with Gasteiger partial charge in [0.05, 0.1) is 31.7 Å². The smallest absolute Gasteiger partial charge is 0.140 e. The number of aromatic nitrogens is 2. The average Bonchev–Trinajstić information content (AvgIpc) is 2.63. The summed E-state index contributed by atoms with van der Waals surface area (Å²) in [6.45, 7) is 5.49. The molecule has 1 aromatic heterocycles. The highest BCUT2D eigenvalue weighted by Gasteiger charge is 2.22. The van der Waals surface area contributed by atoms with Crippen molar-refractivity contribution in [2.24, 2.45) is 0 Å². The standard InChI is InChI=1S/C19H20N4/c1-2-6-16(7-3-1)14-22-10-12-23(13-11-22)19-17-8-4-5-9-18(17)20-15-21-19/h1-9,15H,10-14H2/p+1. The van der Waals surface area contributed by atoms with Crippen molar-refractivity contribution < 1.29 is 4.90 Å². The minimum Gasteiger partial charge on any atom is -0.345 e. The van der Waals surface area contributed by atoms with E-state index in [1.807, 2.05) is 6.07 Å². The molecule has 0 bridgehead atoms. The Bertz CT molecular complexity index is 774. The van der Waals surface area contributed by atoms with Gasteiger partial charge < -0.3 is 9.80 Å². The Labute approximate surface area is 136 Å². The molecule has 0 amide bonds. The zero-order chi connectivity index (χ0) is 15.5. The number of hydrogen-bond acceptors (Lipinski definition) is 3. The summed E-state index contributed by atoms with van der Waals surface area (Å²) >= 11 is 0. The number of nitrogens with one attached hydrogen (secondary N) is 1. The monoisotopic (exact) mass is 305 g/mol. The van der Waals surface area contributed by atoms with Crippen molar-refractivity contribution in [2.45, 2.75) is 6.54 Å². The molecule has 2 heterocycles. The van der Waals surface area contributed by atoms with Crippen LogP contribution in [0.3, 0.4) is 0 Å². The molecule has 4 heteroatoms. The third kappa shape index (κ3) is 3.03. The van der Waals surface area contributed by atoms with Crippen molar-refractivity contribution in [1.29, 1.82) is 0 Å². The molecule has 0 spiro atoms. The van der Waals surface area contributed by atoms with Crippen LogP contribution >= 0.6 is 0 Å². The lowest BCUT2D eigenvalue weighted by molar-refractivity contribution is -0.914. The summed E-state index contributed by atoms with van der Waals surface area (Å²) < 4.78 is 0. The van der Waals surface area contributed by atoms with Gasteiger partial charge in [-0.1, -0.05) is 42.5 Å². The van der Waals surface area contributed by atoms with Gasteiger partial charge in [0.15, 0.2) is 0 Å². The molecule has 0 atom stereocenters. The van der Waals surface area contributed by atoms with Crippen molar-refractivity contribution >= 4 is 16.7 Å². The fourth-order valence-corrected chi connectivity index (χ4v) is 3.34. The lowest BCUT2D eigenvalue weighted by Crippen LogP contribution is -3.13. The largest absolute Gasteiger partial charge is 0.345 e. The van der Waals surface area contributed by atoms with E-state index in [-0.39, 0.29) is 0 Å². The molecule has 3 aromatic rings. The van der Waals surface area contributed by atoms with Gasteiger partial charge in [-0.05, 0) is 12.1 Å². The lowest BCUT2D eigenvalue weighted by atomic mass is 10.2. The van der Waals surface area contributed by atoms with Crippen LogP contribution in [-0.2, 0) is 6.54 Å². The van der Waals surface area contributed by atoms with E-state index < -0.39 is 0 Å². The molecule has 1 fully saturated rings. The lowest BCUT2D eigenvalue weighted by Gasteiger charge is -2.33. The van der Waals surface area contributed by atoms with Gasteiger partial charge in [-0.15, -0.1) is 0 Å². The number of quaternary nitrogens is 1. The number of hydrogen-bond donors (Lipinski definition) is 1. The Hall–Kier alpha value is -2.46. The summed E-state index contributed by atoms with van der Waals surface area (Å²) in [5.74, 6) is 1.08. The molecule has 23 heavy (non-hydrogen) atoms. The Morgan fingerprint density at radius 3 is 2.43 bits per heavy atom. The highest BCUT2D eigenvalue weighted by molar-refractivity contribution is 5.89. The first-order valence-electron chi connectivity index (χ1n) is 8.22. The van der Waals surface area contributed by atoms with E-state index in [9.17, 15) is 0 Å². The molecule has 4 nitrogen and oxygen atoms in total. The van der Waals surface area contributed by atoms with Gasteiger partial charge in [-0.25, -0.2) is 9.97 Å². The molecule has 4 rings (SSSR count). The topological polar surface area (TPSA) is 33.5 Å². The maximum Gasteiger partial charge on any atom is 0.140 e. The van der Waals surface area contributed by atoms with Gasteiger partial charge in [0.25, 0.3) is 0 Å². The number of para-hydroxylation sites is 1. The quantitative estimate of drug-likeness (QED) is 0.797. The molecule has 0 aliphatic carbocycles. The van der Waals surface area contributed by atoms with Crippen molar-refractivity contribution in [1.82, 2.24) is 9.97 Å². The van der Waals surface area contributed by atoms with Crippen molar-refractivity contribution in [3.63, 3.8) is 0 Å². The SMILES string of the molecule is c1ccc(C[NH+]2CCN(c3ncnc4ccccc34)CC2)cc1. The number of piperazine rings is 1. The van der Waals surface area contributed by atoms with Crippen LogP contribution in [-0.4, -0.2) is 36.1 Å². The minimum absolute atomic E-state index is 1.02. The first-order chi connectivity index (χ1) is 11.4. The highest BCUT2D eigenvalue weighted by Crippen LogP contribution is 2.22. The molecule has 1 N–H and O–H groups in total. The molecule has 0 unspecified atom stereocenters. The number of nitrogens with zero attached hydrogens (tertiary/aromatic N) is 3. The number of anilines is 1. The second-order valence-electron chi connectivity index (χ2n) is 6.11. The van der Waals surface area contributed by atoms with E-state index in [0.717, 1.165) is 49.4 Å². The van der Waals surface area contributed by atoms with Gasteiger partial charge >= 0.3 is 0 Å². The van der Waals surface area contributed by atoms with Crippen LogP contribution < -0.4 is 9.80 Å². The summed E-state index contributed by atoms with van der Waals surface area (Å²) in [5.41, 5.74) is 2.44. The average molecular weight is 305 g/mol. The fourth-order valence-electron chi connectivity index (χ4n) is 3.34. The summed E-state index contributed by atoms with van der Waals surface area (Å²) in [6.07, 6.45) is 1.68.